The number of halogens is 2. The molecule has 0 heterocycles. The van der Waals surface area contributed by atoms with Gasteiger partial charge in [-0.1, -0.05) is 23.2 Å². The van der Waals surface area contributed by atoms with Gasteiger partial charge < -0.3 is 10.5 Å². The Balaban J connectivity index is 3.02. The summed E-state index contributed by atoms with van der Waals surface area (Å²) in [5.41, 5.74) is 6.63. The highest BCUT2D eigenvalue weighted by Crippen LogP contribution is 2.31. The second kappa shape index (κ2) is 4.87. The van der Waals surface area contributed by atoms with Crippen molar-refractivity contribution in [1.82, 2.24) is 0 Å². The first-order chi connectivity index (χ1) is 6.54. The monoisotopic (exact) mass is 233 g/mol. The minimum absolute atomic E-state index is 0.0666. The molecule has 0 saturated heterocycles. The van der Waals surface area contributed by atoms with E-state index in [1.807, 2.05) is 6.92 Å². The fourth-order valence-electron chi connectivity index (χ4n) is 1.23. The molecule has 1 rings (SSSR count). The number of methoxy groups -OCH3 is 1. The van der Waals surface area contributed by atoms with Crippen LogP contribution in [-0.4, -0.2) is 13.2 Å². The third-order valence-electron chi connectivity index (χ3n) is 1.86. The van der Waals surface area contributed by atoms with Crippen molar-refractivity contribution in [3.05, 3.63) is 27.7 Å². The minimum Gasteiger partial charge on any atom is -0.495 e. The third-order valence-corrected chi connectivity index (χ3v) is 2.51. The first kappa shape index (κ1) is 11.6. The van der Waals surface area contributed by atoms with E-state index in [-0.39, 0.29) is 6.04 Å². The zero-order valence-corrected chi connectivity index (χ0v) is 9.69. The fourth-order valence-corrected chi connectivity index (χ4v) is 1.72. The summed E-state index contributed by atoms with van der Waals surface area (Å²) in [5, 5.41) is 1.20. The summed E-state index contributed by atoms with van der Waals surface area (Å²) in [6.45, 7) is 1.93. The molecule has 2 N–H and O–H groups in total. The molecule has 1 aromatic rings. The van der Waals surface area contributed by atoms with Gasteiger partial charge in [0.25, 0.3) is 0 Å². The zero-order valence-electron chi connectivity index (χ0n) is 8.18. The molecule has 14 heavy (non-hydrogen) atoms. The van der Waals surface area contributed by atoms with Crippen molar-refractivity contribution in [2.45, 2.75) is 19.4 Å². The van der Waals surface area contributed by atoms with Gasteiger partial charge in [0.05, 0.1) is 12.1 Å². The second-order valence-corrected chi connectivity index (χ2v) is 4.07. The Morgan fingerprint density at radius 2 is 2.00 bits per heavy atom. The summed E-state index contributed by atoms with van der Waals surface area (Å²) in [6, 6.07) is 3.57. The van der Waals surface area contributed by atoms with Gasteiger partial charge in [-0.15, -0.1) is 0 Å². The molecule has 78 valence electrons. The average molecular weight is 234 g/mol. The Hall–Kier alpha value is -0.440. The molecule has 0 saturated carbocycles. The summed E-state index contributed by atoms with van der Waals surface area (Å²) in [6.07, 6.45) is 0.711. The van der Waals surface area contributed by atoms with Gasteiger partial charge in [0.2, 0.25) is 0 Å². The lowest BCUT2D eigenvalue weighted by molar-refractivity contribution is 0.415. The molecule has 0 aromatic heterocycles. The molecule has 1 aromatic carbocycles. The Kier molecular flexibility index (Phi) is 4.05. The lowest BCUT2D eigenvalue weighted by Crippen LogP contribution is -2.17. The van der Waals surface area contributed by atoms with Gasteiger partial charge in [-0.05, 0) is 25.0 Å². The van der Waals surface area contributed by atoms with E-state index >= 15 is 0 Å². The lowest BCUT2D eigenvalue weighted by atomic mass is 10.1. The summed E-state index contributed by atoms with van der Waals surface area (Å²) in [5.74, 6) is 0.588. The van der Waals surface area contributed by atoms with E-state index in [4.69, 9.17) is 33.7 Å². The van der Waals surface area contributed by atoms with Crippen molar-refractivity contribution >= 4 is 23.2 Å². The van der Waals surface area contributed by atoms with Crippen molar-refractivity contribution in [2.75, 3.05) is 7.11 Å². The lowest BCUT2D eigenvalue weighted by Gasteiger charge is -2.10. The standard InChI is InChI=1S/C10H13Cl2NO/c1-6(13)3-7-4-9(12)10(14-2)5-8(7)11/h4-6H,3,13H2,1-2H3. The molecular weight excluding hydrogens is 221 g/mol. The van der Waals surface area contributed by atoms with E-state index in [0.717, 1.165) is 5.56 Å². The largest absolute Gasteiger partial charge is 0.495 e. The van der Waals surface area contributed by atoms with Crippen LogP contribution in [0.4, 0.5) is 0 Å². The van der Waals surface area contributed by atoms with Crippen LogP contribution < -0.4 is 10.5 Å². The van der Waals surface area contributed by atoms with E-state index in [2.05, 4.69) is 0 Å². The maximum atomic E-state index is 6.03. The molecular formula is C10H13Cl2NO. The van der Waals surface area contributed by atoms with Gasteiger partial charge in [-0.25, -0.2) is 0 Å². The quantitative estimate of drug-likeness (QED) is 0.872. The number of hydrogen-bond acceptors (Lipinski definition) is 2. The highest BCUT2D eigenvalue weighted by molar-refractivity contribution is 6.34. The molecule has 0 fully saturated rings. The van der Waals surface area contributed by atoms with Crippen LogP contribution in [0.25, 0.3) is 0 Å². The van der Waals surface area contributed by atoms with Gasteiger partial charge in [0, 0.05) is 17.1 Å². The van der Waals surface area contributed by atoms with Gasteiger partial charge >= 0.3 is 0 Å². The zero-order chi connectivity index (χ0) is 10.7. The molecule has 1 atom stereocenters. The predicted molar refractivity (Wildman–Crippen MR) is 60.4 cm³/mol. The van der Waals surface area contributed by atoms with Crippen LogP contribution in [0.15, 0.2) is 12.1 Å². The first-order valence-corrected chi connectivity index (χ1v) is 5.07. The third kappa shape index (κ3) is 2.77. The molecule has 4 heteroatoms. The van der Waals surface area contributed by atoms with Gasteiger partial charge in [-0.3, -0.25) is 0 Å². The van der Waals surface area contributed by atoms with Crippen LogP contribution >= 0.6 is 23.2 Å². The maximum absolute atomic E-state index is 6.03. The molecule has 1 unspecified atom stereocenters. The minimum atomic E-state index is 0.0666. The average Bonchev–Trinajstić information content (AvgIpc) is 2.10. The van der Waals surface area contributed by atoms with E-state index in [9.17, 15) is 0 Å². The van der Waals surface area contributed by atoms with Gasteiger partial charge in [-0.2, -0.15) is 0 Å². The van der Waals surface area contributed by atoms with Crippen molar-refractivity contribution in [1.29, 1.82) is 0 Å². The van der Waals surface area contributed by atoms with E-state index < -0.39 is 0 Å². The number of benzene rings is 1. The number of ether oxygens (including phenoxy) is 1. The van der Waals surface area contributed by atoms with Crippen LogP contribution in [0.2, 0.25) is 10.0 Å². The highest BCUT2D eigenvalue weighted by atomic mass is 35.5. The van der Waals surface area contributed by atoms with Crippen molar-refractivity contribution < 1.29 is 4.74 Å². The molecule has 0 aliphatic rings. The molecule has 0 radical (unpaired) electrons. The van der Waals surface area contributed by atoms with Crippen LogP contribution in [-0.2, 0) is 6.42 Å². The summed E-state index contributed by atoms with van der Waals surface area (Å²) >= 11 is 12.0. The van der Waals surface area contributed by atoms with E-state index in [0.29, 0.717) is 22.2 Å². The Bertz CT molecular complexity index is 326. The van der Waals surface area contributed by atoms with Crippen LogP contribution in [0.1, 0.15) is 12.5 Å². The Morgan fingerprint density at radius 1 is 1.36 bits per heavy atom. The van der Waals surface area contributed by atoms with E-state index in [1.165, 1.54) is 0 Å². The van der Waals surface area contributed by atoms with E-state index in [1.54, 1.807) is 19.2 Å². The Morgan fingerprint density at radius 3 is 2.50 bits per heavy atom. The summed E-state index contributed by atoms with van der Waals surface area (Å²) < 4.78 is 5.04. The Labute approximate surface area is 94.0 Å². The second-order valence-electron chi connectivity index (χ2n) is 3.26. The topological polar surface area (TPSA) is 35.2 Å². The first-order valence-electron chi connectivity index (χ1n) is 4.32. The van der Waals surface area contributed by atoms with Crippen molar-refractivity contribution in [3.8, 4) is 5.75 Å². The molecule has 2 nitrogen and oxygen atoms in total. The number of hydrogen-bond donors (Lipinski definition) is 1. The molecule has 0 aliphatic carbocycles. The summed E-state index contributed by atoms with van der Waals surface area (Å²) in [4.78, 5) is 0. The van der Waals surface area contributed by atoms with Crippen molar-refractivity contribution in [3.63, 3.8) is 0 Å². The number of nitrogens with two attached hydrogens (primary N) is 1. The fraction of sp³-hybridized carbons (Fsp3) is 0.400. The molecule has 0 bridgehead atoms. The maximum Gasteiger partial charge on any atom is 0.138 e. The van der Waals surface area contributed by atoms with Crippen LogP contribution in [0.3, 0.4) is 0 Å². The highest BCUT2D eigenvalue weighted by Gasteiger charge is 2.08. The van der Waals surface area contributed by atoms with Crippen LogP contribution in [0, 0.1) is 0 Å². The van der Waals surface area contributed by atoms with Gasteiger partial charge in [0.15, 0.2) is 0 Å². The predicted octanol–water partition coefficient (Wildman–Crippen LogP) is 2.89. The number of rotatable bonds is 3. The molecule has 0 spiro atoms. The van der Waals surface area contributed by atoms with Gasteiger partial charge in [0.1, 0.15) is 5.75 Å². The smallest absolute Gasteiger partial charge is 0.138 e. The SMILES string of the molecule is COc1cc(Cl)c(CC(C)N)cc1Cl. The summed E-state index contributed by atoms with van der Waals surface area (Å²) in [7, 11) is 1.56. The van der Waals surface area contributed by atoms with Crippen molar-refractivity contribution in [2.24, 2.45) is 5.73 Å². The molecule has 0 amide bonds. The van der Waals surface area contributed by atoms with Crippen LogP contribution in [0.5, 0.6) is 5.75 Å². The normalized spacial score (nSPS) is 12.6. The molecule has 0 aliphatic heterocycles.